The molecule has 0 aliphatic heterocycles. The molecule has 0 radical (unpaired) electrons. The monoisotopic (exact) mass is 488 g/mol. The number of fused-ring (bicyclic) bond motifs is 3. The van der Waals surface area contributed by atoms with Crippen LogP contribution < -0.4 is 10.9 Å². The minimum absolute atomic E-state index is 0.166. The van der Waals surface area contributed by atoms with Gasteiger partial charge >= 0.3 is 5.97 Å². The van der Waals surface area contributed by atoms with Gasteiger partial charge in [0, 0.05) is 4.88 Å². The molecule has 1 amide bonds. The Morgan fingerprint density at radius 2 is 2.00 bits per heavy atom. The highest BCUT2D eigenvalue weighted by atomic mass is 32.1. The van der Waals surface area contributed by atoms with E-state index in [1.807, 2.05) is 13.8 Å². The third-order valence-electron chi connectivity index (χ3n) is 5.68. The first-order chi connectivity index (χ1) is 15.6. The van der Waals surface area contributed by atoms with Gasteiger partial charge in [0.05, 0.1) is 17.7 Å². The number of nitrogens with one attached hydrogen (secondary N) is 1. The number of amides is 1. The van der Waals surface area contributed by atoms with Crippen LogP contribution in [0.2, 0.25) is 0 Å². The molecule has 3 aromatic rings. The van der Waals surface area contributed by atoms with Crippen molar-refractivity contribution >= 4 is 49.9 Å². The second-order valence-corrected chi connectivity index (χ2v) is 11.1. The highest BCUT2D eigenvalue weighted by Crippen LogP contribution is 2.35. The van der Waals surface area contributed by atoms with Crippen molar-refractivity contribution in [2.24, 2.45) is 11.8 Å². The average Bonchev–Trinajstić information content (AvgIpc) is 3.28. The Bertz CT molecular complexity index is 1290. The molecule has 3 aromatic heterocycles. The Morgan fingerprint density at radius 1 is 1.24 bits per heavy atom. The molecule has 1 aliphatic carbocycles. The molecule has 0 aromatic carbocycles. The first-order valence-electron chi connectivity index (χ1n) is 11.1. The van der Waals surface area contributed by atoms with Crippen molar-refractivity contribution in [1.82, 2.24) is 14.5 Å². The van der Waals surface area contributed by atoms with E-state index in [0.717, 1.165) is 41.0 Å². The van der Waals surface area contributed by atoms with E-state index in [2.05, 4.69) is 22.2 Å². The summed E-state index contributed by atoms with van der Waals surface area (Å²) in [7, 11) is 0. The number of aryl methyl sites for hydroxylation is 3. The van der Waals surface area contributed by atoms with Gasteiger partial charge in [-0.15, -0.1) is 11.3 Å². The van der Waals surface area contributed by atoms with Gasteiger partial charge in [0.25, 0.3) is 5.56 Å². The van der Waals surface area contributed by atoms with Crippen LogP contribution in [0.1, 0.15) is 58.8 Å². The van der Waals surface area contributed by atoms with Gasteiger partial charge < -0.3 is 10.1 Å². The van der Waals surface area contributed by atoms with Crippen molar-refractivity contribution in [2.45, 2.75) is 60.4 Å². The number of carbonyl (C=O) groups is 2. The molecule has 4 rings (SSSR count). The van der Waals surface area contributed by atoms with Crippen LogP contribution in [0.5, 0.6) is 0 Å². The Morgan fingerprint density at radius 3 is 2.73 bits per heavy atom. The molecule has 1 atom stereocenters. The first-order valence-corrected chi connectivity index (χ1v) is 12.7. The van der Waals surface area contributed by atoms with Crippen LogP contribution in [0.15, 0.2) is 4.79 Å². The lowest BCUT2D eigenvalue weighted by atomic mass is 9.89. The summed E-state index contributed by atoms with van der Waals surface area (Å²) in [6.45, 7) is 9.74. The fourth-order valence-electron chi connectivity index (χ4n) is 3.96. The Kier molecular flexibility index (Phi) is 6.67. The van der Waals surface area contributed by atoms with E-state index in [-0.39, 0.29) is 18.0 Å². The summed E-state index contributed by atoms with van der Waals surface area (Å²) in [4.78, 5) is 49.6. The molecular formula is C23H28N4O4S2. The second-order valence-electron chi connectivity index (χ2n) is 9.06. The number of carbonyl (C=O) groups excluding carboxylic acids is 2. The van der Waals surface area contributed by atoms with Crippen LogP contribution >= 0.6 is 22.7 Å². The van der Waals surface area contributed by atoms with Crippen molar-refractivity contribution in [2.75, 3.05) is 11.9 Å². The minimum atomic E-state index is -0.447. The number of thiazole rings is 1. The smallest absolute Gasteiger partial charge is 0.350 e. The zero-order chi connectivity index (χ0) is 23.9. The highest BCUT2D eigenvalue weighted by Gasteiger charge is 2.25. The first kappa shape index (κ1) is 23.6. The van der Waals surface area contributed by atoms with Crippen LogP contribution in [-0.2, 0) is 28.9 Å². The van der Waals surface area contributed by atoms with Gasteiger partial charge in [-0.2, -0.15) is 0 Å². The van der Waals surface area contributed by atoms with Crippen molar-refractivity contribution in [3.63, 3.8) is 0 Å². The van der Waals surface area contributed by atoms with E-state index in [1.165, 1.54) is 9.44 Å². The number of anilines is 1. The van der Waals surface area contributed by atoms with Crippen LogP contribution in [0.4, 0.5) is 5.13 Å². The van der Waals surface area contributed by atoms with Gasteiger partial charge in [0.15, 0.2) is 5.13 Å². The van der Waals surface area contributed by atoms with E-state index < -0.39 is 11.9 Å². The lowest BCUT2D eigenvalue weighted by Gasteiger charge is -2.17. The number of aromatic nitrogens is 3. The Balaban J connectivity index is 1.53. The summed E-state index contributed by atoms with van der Waals surface area (Å²) in [6, 6.07) is 0. The molecule has 0 saturated heterocycles. The van der Waals surface area contributed by atoms with Gasteiger partial charge in [0.1, 0.15) is 22.1 Å². The number of hydrogen-bond donors (Lipinski definition) is 1. The Hall–Kier alpha value is -2.59. The lowest BCUT2D eigenvalue weighted by molar-refractivity contribution is -0.116. The third kappa shape index (κ3) is 4.86. The number of ether oxygens (including phenoxy) is 1. The van der Waals surface area contributed by atoms with E-state index in [0.29, 0.717) is 39.4 Å². The number of nitrogens with zero attached hydrogens (tertiary/aromatic N) is 3. The van der Waals surface area contributed by atoms with Gasteiger partial charge in [-0.05, 0) is 50.5 Å². The molecule has 1 aliphatic rings. The van der Waals surface area contributed by atoms with E-state index in [1.54, 1.807) is 25.2 Å². The average molecular weight is 489 g/mol. The molecule has 0 fully saturated rings. The van der Waals surface area contributed by atoms with E-state index >= 15 is 0 Å². The Labute approximate surface area is 200 Å². The number of thiophene rings is 1. The summed E-state index contributed by atoms with van der Waals surface area (Å²) < 4.78 is 6.68. The molecule has 176 valence electrons. The molecule has 33 heavy (non-hydrogen) atoms. The zero-order valence-electron chi connectivity index (χ0n) is 19.5. The van der Waals surface area contributed by atoms with Crippen LogP contribution in [0.3, 0.4) is 0 Å². The van der Waals surface area contributed by atoms with Gasteiger partial charge in [-0.25, -0.2) is 14.8 Å². The number of esters is 1. The summed E-state index contributed by atoms with van der Waals surface area (Å²) in [6.07, 6.45) is 2.90. The van der Waals surface area contributed by atoms with E-state index in [9.17, 15) is 14.4 Å². The highest BCUT2D eigenvalue weighted by molar-refractivity contribution is 7.19. The fourth-order valence-corrected chi connectivity index (χ4v) is 6.26. The standard InChI is InChI=1S/C23H28N4O4S2/c1-11(2)10-31-22(30)19-13(4)24-23(33-19)26-17(28)9-27-14(5)25-20-18(21(27)29)15-7-6-12(3)8-16(15)32-20/h11-12H,6-10H2,1-5H3,(H,24,26,28). The van der Waals surface area contributed by atoms with Crippen LogP contribution in [-0.4, -0.2) is 33.0 Å². The predicted molar refractivity (Wildman–Crippen MR) is 130 cm³/mol. The molecule has 1 unspecified atom stereocenters. The topological polar surface area (TPSA) is 103 Å². The molecule has 3 heterocycles. The largest absolute Gasteiger partial charge is 0.461 e. The SMILES string of the molecule is Cc1nc(NC(=O)Cn2c(C)nc3sc4c(c3c2=O)CCC(C)C4)sc1C(=O)OCC(C)C. The molecule has 0 spiro atoms. The predicted octanol–water partition coefficient (Wildman–Crippen LogP) is 4.11. The van der Waals surface area contributed by atoms with Gasteiger partial charge in [-0.3, -0.25) is 14.2 Å². The maximum atomic E-state index is 13.3. The van der Waals surface area contributed by atoms with Gasteiger partial charge in [-0.1, -0.05) is 32.1 Å². The molecule has 1 N–H and O–H groups in total. The maximum absolute atomic E-state index is 13.3. The van der Waals surface area contributed by atoms with Crippen LogP contribution in [0.25, 0.3) is 10.2 Å². The van der Waals surface area contributed by atoms with Crippen molar-refractivity contribution in [1.29, 1.82) is 0 Å². The summed E-state index contributed by atoms with van der Waals surface area (Å²) in [5.74, 6) is 0.495. The maximum Gasteiger partial charge on any atom is 0.350 e. The normalized spacial score (nSPS) is 15.6. The summed E-state index contributed by atoms with van der Waals surface area (Å²) >= 11 is 2.67. The third-order valence-corrected chi connectivity index (χ3v) is 7.89. The van der Waals surface area contributed by atoms with Crippen molar-refractivity contribution in [3.05, 3.63) is 37.2 Å². The lowest BCUT2D eigenvalue weighted by Crippen LogP contribution is -2.30. The molecule has 0 saturated carbocycles. The zero-order valence-corrected chi connectivity index (χ0v) is 21.1. The summed E-state index contributed by atoms with van der Waals surface area (Å²) in [5, 5.41) is 3.67. The summed E-state index contributed by atoms with van der Waals surface area (Å²) in [5.41, 5.74) is 1.42. The van der Waals surface area contributed by atoms with Crippen molar-refractivity contribution < 1.29 is 14.3 Å². The quantitative estimate of drug-likeness (QED) is 0.524. The molecule has 8 nitrogen and oxygen atoms in total. The van der Waals surface area contributed by atoms with Crippen LogP contribution in [0, 0.1) is 25.7 Å². The van der Waals surface area contributed by atoms with Gasteiger partial charge in [0.2, 0.25) is 5.91 Å². The fraction of sp³-hybridized carbons (Fsp3) is 0.522. The number of rotatable bonds is 6. The van der Waals surface area contributed by atoms with E-state index in [4.69, 9.17) is 4.74 Å². The molecule has 0 bridgehead atoms. The van der Waals surface area contributed by atoms with Crippen molar-refractivity contribution in [3.8, 4) is 0 Å². The minimum Gasteiger partial charge on any atom is -0.461 e. The molecular weight excluding hydrogens is 460 g/mol. The number of hydrogen-bond acceptors (Lipinski definition) is 8. The second kappa shape index (κ2) is 9.34. The molecule has 10 heteroatoms.